The van der Waals surface area contributed by atoms with E-state index >= 15 is 0 Å². The highest BCUT2D eigenvalue weighted by Gasteiger charge is 2.33. The number of carbonyl (C=O) groups is 1. The van der Waals surface area contributed by atoms with Gasteiger partial charge in [-0.15, -0.1) is 0 Å². The zero-order chi connectivity index (χ0) is 16.5. The summed E-state index contributed by atoms with van der Waals surface area (Å²) < 4.78 is 0. The highest BCUT2D eigenvalue weighted by atomic mass is 16.2. The molecule has 0 bridgehead atoms. The summed E-state index contributed by atoms with van der Waals surface area (Å²) in [4.78, 5) is 27.5. The maximum atomic E-state index is 12.7. The Labute approximate surface area is 139 Å². The molecule has 4 rings (SSSR count). The molecule has 1 amide bonds. The van der Waals surface area contributed by atoms with E-state index in [2.05, 4.69) is 10.3 Å². The molecule has 1 aromatic heterocycles. The van der Waals surface area contributed by atoms with Crippen molar-refractivity contribution in [1.82, 2.24) is 10.3 Å². The number of H-pyrrole nitrogens is 1. The second-order valence-corrected chi connectivity index (χ2v) is 6.30. The van der Waals surface area contributed by atoms with E-state index in [0.717, 1.165) is 23.8 Å². The van der Waals surface area contributed by atoms with Crippen LogP contribution in [-0.4, -0.2) is 10.9 Å². The molecule has 1 unspecified atom stereocenters. The van der Waals surface area contributed by atoms with Gasteiger partial charge in [0.15, 0.2) is 0 Å². The predicted molar refractivity (Wildman–Crippen MR) is 93.9 cm³/mol. The standard InChI is InChI=1S/C20H18N2O2/c23-19-16-9-5-4-8-15(16)12-17(21-19)20(24)22-18(14-10-11-14)13-6-2-1-3-7-13/h1-9,12,14,18H,10-11H2,(H,21,23)(H,22,24). The summed E-state index contributed by atoms with van der Waals surface area (Å²) in [6.07, 6.45) is 2.24. The Morgan fingerprint density at radius 2 is 1.75 bits per heavy atom. The molecule has 0 radical (unpaired) electrons. The zero-order valence-corrected chi connectivity index (χ0v) is 13.2. The number of fused-ring (bicyclic) bond motifs is 1. The Kier molecular flexibility index (Phi) is 3.65. The molecule has 4 nitrogen and oxygen atoms in total. The van der Waals surface area contributed by atoms with Gasteiger partial charge < -0.3 is 10.3 Å². The first-order valence-electron chi connectivity index (χ1n) is 8.20. The summed E-state index contributed by atoms with van der Waals surface area (Å²) in [5, 5.41) is 4.46. The first-order valence-corrected chi connectivity index (χ1v) is 8.20. The van der Waals surface area contributed by atoms with Crippen LogP contribution in [0.5, 0.6) is 0 Å². The number of aromatic amines is 1. The molecule has 0 spiro atoms. The lowest BCUT2D eigenvalue weighted by Gasteiger charge is -2.18. The molecule has 1 aliphatic carbocycles. The summed E-state index contributed by atoms with van der Waals surface area (Å²) in [5.41, 5.74) is 1.18. The molecule has 1 saturated carbocycles. The van der Waals surface area contributed by atoms with E-state index in [1.807, 2.05) is 48.5 Å². The predicted octanol–water partition coefficient (Wildman–Crippen LogP) is 3.41. The Bertz CT molecular complexity index is 943. The molecule has 24 heavy (non-hydrogen) atoms. The first kappa shape index (κ1) is 14.7. The molecular formula is C20H18N2O2. The fourth-order valence-electron chi connectivity index (χ4n) is 3.12. The highest BCUT2D eigenvalue weighted by Crippen LogP contribution is 2.41. The van der Waals surface area contributed by atoms with Crippen molar-refractivity contribution in [2.75, 3.05) is 0 Å². The van der Waals surface area contributed by atoms with E-state index in [0.29, 0.717) is 17.0 Å². The fourth-order valence-corrected chi connectivity index (χ4v) is 3.12. The molecule has 1 aliphatic rings. The number of aromatic nitrogens is 1. The van der Waals surface area contributed by atoms with E-state index in [1.54, 1.807) is 12.1 Å². The minimum Gasteiger partial charge on any atom is -0.344 e. The van der Waals surface area contributed by atoms with Gasteiger partial charge in [0.05, 0.1) is 6.04 Å². The maximum absolute atomic E-state index is 12.7. The van der Waals surface area contributed by atoms with Crippen LogP contribution >= 0.6 is 0 Å². The van der Waals surface area contributed by atoms with E-state index in [9.17, 15) is 9.59 Å². The average molecular weight is 318 g/mol. The Morgan fingerprint density at radius 1 is 1.04 bits per heavy atom. The van der Waals surface area contributed by atoms with Crippen LogP contribution in [0.25, 0.3) is 10.8 Å². The number of hydrogen-bond donors (Lipinski definition) is 2. The van der Waals surface area contributed by atoms with Gasteiger partial charge in [-0.1, -0.05) is 48.5 Å². The number of carbonyl (C=O) groups excluding carboxylic acids is 1. The number of benzene rings is 2. The summed E-state index contributed by atoms with van der Waals surface area (Å²) in [6, 6.07) is 19.0. The van der Waals surface area contributed by atoms with Gasteiger partial charge in [0, 0.05) is 5.39 Å². The van der Waals surface area contributed by atoms with Gasteiger partial charge in [0.1, 0.15) is 5.69 Å². The molecule has 2 aromatic carbocycles. The molecule has 3 aromatic rings. The number of hydrogen-bond acceptors (Lipinski definition) is 2. The molecule has 1 heterocycles. The minimum absolute atomic E-state index is 0.00586. The summed E-state index contributed by atoms with van der Waals surface area (Å²) >= 11 is 0. The first-order chi connectivity index (χ1) is 11.7. The van der Waals surface area contributed by atoms with Crippen molar-refractivity contribution in [2.45, 2.75) is 18.9 Å². The van der Waals surface area contributed by atoms with Gasteiger partial charge in [-0.2, -0.15) is 0 Å². The van der Waals surface area contributed by atoms with Crippen LogP contribution in [0.4, 0.5) is 0 Å². The van der Waals surface area contributed by atoms with Crippen molar-refractivity contribution in [1.29, 1.82) is 0 Å². The van der Waals surface area contributed by atoms with Crippen LogP contribution in [0.15, 0.2) is 65.5 Å². The molecule has 4 heteroatoms. The van der Waals surface area contributed by atoms with Crippen LogP contribution in [0.2, 0.25) is 0 Å². The van der Waals surface area contributed by atoms with Crippen LogP contribution in [-0.2, 0) is 0 Å². The number of rotatable bonds is 4. The molecule has 1 fully saturated rings. The van der Waals surface area contributed by atoms with Crippen molar-refractivity contribution in [2.24, 2.45) is 5.92 Å². The number of pyridine rings is 1. The second-order valence-electron chi connectivity index (χ2n) is 6.30. The molecule has 1 atom stereocenters. The van der Waals surface area contributed by atoms with Crippen molar-refractivity contribution in [3.05, 3.63) is 82.3 Å². The maximum Gasteiger partial charge on any atom is 0.268 e. The van der Waals surface area contributed by atoms with Crippen LogP contribution < -0.4 is 10.9 Å². The quantitative estimate of drug-likeness (QED) is 0.774. The van der Waals surface area contributed by atoms with Crippen LogP contribution in [0.1, 0.15) is 34.9 Å². The third kappa shape index (κ3) is 2.83. The number of nitrogens with one attached hydrogen (secondary N) is 2. The smallest absolute Gasteiger partial charge is 0.268 e. The Balaban J connectivity index is 1.65. The summed E-state index contributed by atoms with van der Waals surface area (Å²) in [7, 11) is 0. The van der Waals surface area contributed by atoms with E-state index < -0.39 is 0 Å². The Morgan fingerprint density at radius 3 is 2.50 bits per heavy atom. The Hall–Kier alpha value is -2.88. The van der Waals surface area contributed by atoms with Crippen LogP contribution in [0, 0.1) is 5.92 Å². The van der Waals surface area contributed by atoms with Crippen molar-refractivity contribution in [3.8, 4) is 0 Å². The summed E-state index contributed by atoms with van der Waals surface area (Å²) in [5.74, 6) is 0.238. The minimum atomic E-state index is -0.237. The van der Waals surface area contributed by atoms with Crippen molar-refractivity contribution in [3.63, 3.8) is 0 Å². The monoisotopic (exact) mass is 318 g/mol. The van der Waals surface area contributed by atoms with Crippen molar-refractivity contribution < 1.29 is 4.79 Å². The lowest BCUT2D eigenvalue weighted by Crippen LogP contribution is -2.31. The van der Waals surface area contributed by atoms with E-state index in [4.69, 9.17) is 0 Å². The molecular weight excluding hydrogens is 300 g/mol. The van der Waals surface area contributed by atoms with Gasteiger partial charge in [0.25, 0.3) is 11.5 Å². The van der Waals surface area contributed by atoms with Crippen molar-refractivity contribution >= 4 is 16.7 Å². The van der Waals surface area contributed by atoms with Gasteiger partial charge in [-0.3, -0.25) is 9.59 Å². The van der Waals surface area contributed by atoms with Gasteiger partial charge in [-0.05, 0) is 41.8 Å². The summed E-state index contributed by atoms with van der Waals surface area (Å²) in [6.45, 7) is 0. The lowest BCUT2D eigenvalue weighted by molar-refractivity contribution is 0.0926. The zero-order valence-electron chi connectivity index (χ0n) is 13.2. The topological polar surface area (TPSA) is 62.0 Å². The van der Waals surface area contributed by atoms with E-state index in [1.165, 1.54) is 0 Å². The highest BCUT2D eigenvalue weighted by molar-refractivity contribution is 5.96. The lowest BCUT2D eigenvalue weighted by atomic mass is 10.0. The SMILES string of the molecule is O=C(NC(c1ccccc1)C1CC1)c1cc2ccccc2c(=O)[nH]1. The molecule has 0 saturated heterocycles. The molecule has 120 valence electrons. The molecule has 0 aliphatic heterocycles. The second kappa shape index (κ2) is 5.96. The van der Waals surface area contributed by atoms with Gasteiger partial charge in [0.2, 0.25) is 0 Å². The number of amides is 1. The normalized spacial score (nSPS) is 15.2. The van der Waals surface area contributed by atoms with Gasteiger partial charge >= 0.3 is 0 Å². The average Bonchev–Trinajstić information content (AvgIpc) is 3.45. The third-order valence-electron chi connectivity index (χ3n) is 4.54. The third-order valence-corrected chi connectivity index (χ3v) is 4.54. The molecule has 2 N–H and O–H groups in total. The van der Waals surface area contributed by atoms with E-state index in [-0.39, 0.29) is 17.5 Å². The largest absolute Gasteiger partial charge is 0.344 e. The fraction of sp³-hybridized carbons (Fsp3) is 0.200. The van der Waals surface area contributed by atoms with Crippen LogP contribution in [0.3, 0.4) is 0 Å². The van der Waals surface area contributed by atoms with Gasteiger partial charge in [-0.25, -0.2) is 0 Å².